The molecule has 0 aromatic carbocycles. The van der Waals surface area contributed by atoms with Crippen molar-refractivity contribution in [2.75, 3.05) is 6.54 Å². The van der Waals surface area contributed by atoms with Crippen LogP contribution in [0.15, 0.2) is 0 Å². The quantitative estimate of drug-likeness (QED) is 0.846. The lowest BCUT2D eigenvalue weighted by Gasteiger charge is -2.36. The van der Waals surface area contributed by atoms with Crippen molar-refractivity contribution in [2.45, 2.75) is 78.2 Å². The fourth-order valence-electron chi connectivity index (χ4n) is 2.51. The smallest absolute Gasteiger partial charge is 0.427 e. The summed E-state index contributed by atoms with van der Waals surface area (Å²) in [6.07, 6.45) is -4.21. The summed E-state index contributed by atoms with van der Waals surface area (Å²) < 4.78 is 43.0. The lowest BCUT2D eigenvalue weighted by molar-refractivity contribution is -0.244. The molecule has 0 aromatic heterocycles. The number of ether oxygens (including phenoxy) is 1. The van der Waals surface area contributed by atoms with Crippen molar-refractivity contribution in [3.63, 3.8) is 0 Å². The zero-order valence-corrected chi connectivity index (χ0v) is 15.1. The van der Waals surface area contributed by atoms with Crippen LogP contribution in [0.5, 0.6) is 0 Å². The third kappa shape index (κ3) is 4.77. The Balaban J connectivity index is 2.88. The molecule has 1 N–H and O–H groups in total. The first-order valence-electron chi connectivity index (χ1n) is 8.03. The van der Waals surface area contributed by atoms with Gasteiger partial charge in [-0.05, 0) is 39.0 Å². The van der Waals surface area contributed by atoms with Crippen LogP contribution in [0.25, 0.3) is 0 Å². The molecule has 0 saturated carbocycles. The number of halogens is 3. The molecule has 0 aromatic rings. The van der Waals surface area contributed by atoms with Crippen molar-refractivity contribution in [3.8, 4) is 0 Å². The van der Waals surface area contributed by atoms with E-state index in [1.54, 1.807) is 25.7 Å². The van der Waals surface area contributed by atoms with Gasteiger partial charge in [0.15, 0.2) is 0 Å². The molecule has 2 atom stereocenters. The van der Waals surface area contributed by atoms with Crippen LogP contribution in [0, 0.1) is 5.41 Å². The van der Waals surface area contributed by atoms with E-state index in [4.69, 9.17) is 0 Å². The first-order valence-corrected chi connectivity index (χ1v) is 8.03. The number of nitrogens with zero attached hydrogens (tertiary/aromatic N) is 1. The van der Waals surface area contributed by atoms with E-state index in [9.17, 15) is 22.8 Å². The monoisotopic (exact) mass is 352 g/mol. The molecule has 1 rings (SSSR count). The van der Waals surface area contributed by atoms with Gasteiger partial charge in [-0.3, -0.25) is 4.79 Å². The number of carbonyl (C=O) groups excluding carboxylic acids is 2. The van der Waals surface area contributed by atoms with Crippen molar-refractivity contribution >= 4 is 12.0 Å². The lowest BCUT2D eigenvalue weighted by atomic mass is 9.85. The topological polar surface area (TPSA) is 58.6 Å². The summed E-state index contributed by atoms with van der Waals surface area (Å²) in [7, 11) is 0. The first-order chi connectivity index (χ1) is 10.7. The van der Waals surface area contributed by atoms with Crippen molar-refractivity contribution in [1.29, 1.82) is 0 Å². The highest BCUT2D eigenvalue weighted by Gasteiger charge is 2.51. The standard InChI is InChI=1S/C16H27F3N2O3/c1-10-8-7-9-21(10)12(22)11(14(2,3)4)20-13(23)24-15(5,6)16(17,18)19/h10-11H,7-9H2,1-6H3,(H,20,23). The fourth-order valence-corrected chi connectivity index (χ4v) is 2.51. The van der Waals surface area contributed by atoms with Crippen LogP contribution in [-0.4, -0.2) is 47.3 Å². The molecule has 1 saturated heterocycles. The van der Waals surface area contributed by atoms with Crippen LogP contribution >= 0.6 is 0 Å². The van der Waals surface area contributed by atoms with E-state index in [1.165, 1.54) is 0 Å². The summed E-state index contributed by atoms with van der Waals surface area (Å²) in [5, 5.41) is 2.33. The molecule has 1 heterocycles. The molecule has 0 bridgehead atoms. The Labute approximate surface area is 140 Å². The average molecular weight is 352 g/mol. The SMILES string of the molecule is CC1CCCN1C(=O)C(NC(=O)OC(C)(C)C(F)(F)F)C(C)(C)C. The van der Waals surface area contributed by atoms with Gasteiger partial charge in [0.05, 0.1) is 0 Å². The Morgan fingerprint density at radius 2 is 1.71 bits per heavy atom. The molecular weight excluding hydrogens is 325 g/mol. The van der Waals surface area contributed by atoms with E-state index < -0.39 is 29.3 Å². The van der Waals surface area contributed by atoms with Crippen LogP contribution in [0.1, 0.15) is 54.4 Å². The molecule has 8 heteroatoms. The minimum absolute atomic E-state index is 0.0480. The van der Waals surface area contributed by atoms with E-state index in [-0.39, 0.29) is 11.9 Å². The molecule has 5 nitrogen and oxygen atoms in total. The average Bonchev–Trinajstić information content (AvgIpc) is 2.78. The first kappa shape index (κ1) is 20.6. The molecule has 24 heavy (non-hydrogen) atoms. The van der Waals surface area contributed by atoms with E-state index in [1.807, 2.05) is 6.92 Å². The van der Waals surface area contributed by atoms with Crippen molar-refractivity contribution in [3.05, 3.63) is 0 Å². The van der Waals surface area contributed by atoms with E-state index in [2.05, 4.69) is 10.1 Å². The molecule has 2 amide bonds. The van der Waals surface area contributed by atoms with Gasteiger partial charge in [0.25, 0.3) is 0 Å². The minimum Gasteiger partial charge on any atom is -0.434 e. The van der Waals surface area contributed by atoms with Crippen molar-refractivity contribution in [1.82, 2.24) is 10.2 Å². The maximum Gasteiger partial charge on any atom is 0.427 e. The molecule has 2 unspecified atom stereocenters. The number of hydrogen-bond acceptors (Lipinski definition) is 3. The highest BCUT2D eigenvalue weighted by atomic mass is 19.4. The van der Waals surface area contributed by atoms with Crippen LogP contribution in [0.4, 0.5) is 18.0 Å². The number of nitrogens with one attached hydrogen (secondary N) is 1. The fraction of sp³-hybridized carbons (Fsp3) is 0.875. The predicted molar refractivity (Wildman–Crippen MR) is 83.4 cm³/mol. The highest BCUT2D eigenvalue weighted by Crippen LogP contribution is 2.33. The van der Waals surface area contributed by atoms with Gasteiger partial charge < -0.3 is 15.0 Å². The van der Waals surface area contributed by atoms with Gasteiger partial charge in [0.2, 0.25) is 11.5 Å². The predicted octanol–water partition coefficient (Wildman–Crippen LogP) is 3.48. The molecule has 140 valence electrons. The molecular formula is C16H27F3N2O3. The number of amides is 2. The van der Waals surface area contributed by atoms with E-state index in [0.29, 0.717) is 6.54 Å². The number of rotatable bonds is 3. The third-order valence-corrected chi connectivity index (χ3v) is 4.24. The zero-order chi connectivity index (χ0) is 18.9. The van der Waals surface area contributed by atoms with Gasteiger partial charge >= 0.3 is 12.3 Å². The van der Waals surface area contributed by atoms with Gasteiger partial charge in [0, 0.05) is 12.6 Å². The summed E-state index contributed by atoms with van der Waals surface area (Å²) in [5.74, 6) is -0.297. The molecule has 0 spiro atoms. The molecule has 1 aliphatic rings. The van der Waals surface area contributed by atoms with Gasteiger partial charge in [-0.1, -0.05) is 20.8 Å². The maximum atomic E-state index is 12.8. The zero-order valence-electron chi connectivity index (χ0n) is 15.1. The molecule has 1 aliphatic heterocycles. The van der Waals surface area contributed by atoms with Gasteiger partial charge in [0.1, 0.15) is 6.04 Å². The van der Waals surface area contributed by atoms with Crippen molar-refractivity contribution < 1.29 is 27.5 Å². The van der Waals surface area contributed by atoms with E-state index in [0.717, 1.165) is 26.7 Å². The van der Waals surface area contributed by atoms with Gasteiger partial charge in [-0.15, -0.1) is 0 Å². The summed E-state index contributed by atoms with van der Waals surface area (Å²) in [6.45, 7) is 9.25. The number of likely N-dealkylation sites (tertiary alicyclic amines) is 1. The van der Waals surface area contributed by atoms with Crippen LogP contribution in [0.3, 0.4) is 0 Å². The summed E-state index contributed by atoms with van der Waals surface area (Å²) in [4.78, 5) is 26.4. The Hall–Kier alpha value is -1.47. The van der Waals surface area contributed by atoms with E-state index >= 15 is 0 Å². The maximum absolute atomic E-state index is 12.8. The lowest BCUT2D eigenvalue weighted by Crippen LogP contribution is -2.57. The normalized spacial score (nSPS) is 20.7. The third-order valence-electron chi connectivity index (χ3n) is 4.24. The summed E-state index contributed by atoms with van der Waals surface area (Å²) in [6, 6.07) is -0.915. The van der Waals surface area contributed by atoms with Crippen LogP contribution in [0.2, 0.25) is 0 Å². The molecule has 1 fully saturated rings. The Kier molecular flexibility index (Phi) is 5.83. The number of carbonyl (C=O) groups is 2. The summed E-state index contributed by atoms with van der Waals surface area (Å²) >= 11 is 0. The highest BCUT2D eigenvalue weighted by molar-refractivity contribution is 5.87. The number of alkyl carbamates (subject to hydrolysis) is 1. The molecule has 0 radical (unpaired) electrons. The second kappa shape index (κ2) is 6.80. The summed E-state index contributed by atoms with van der Waals surface area (Å²) in [5.41, 5.74) is -3.30. The number of alkyl halides is 3. The largest absolute Gasteiger partial charge is 0.434 e. The Morgan fingerprint density at radius 3 is 2.08 bits per heavy atom. The van der Waals surface area contributed by atoms with Crippen LogP contribution in [-0.2, 0) is 9.53 Å². The molecule has 0 aliphatic carbocycles. The van der Waals surface area contributed by atoms with Gasteiger partial charge in [-0.25, -0.2) is 4.79 Å². The minimum atomic E-state index is -4.70. The Bertz CT molecular complexity index is 484. The Morgan fingerprint density at radius 1 is 1.17 bits per heavy atom. The van der Waals surface area contributed by atoms with Crippen LogP contribution < -0.4 is 5.32 Å². The number of hydrogen-bond donors (Lipinski definition) is 1. The van der Waals surface area contributed by atoms with Crippen molar-refractivity contribution in [2.24, 2.45) is 5.41 Å². The second-order valence-electron chi connectivity index (χ2n) is 7.86. The van der Waals surface area contributed by atoms with Gasteiger partial charge in [-0.2, -0.15) is 13.2 Å². The second-order valence-corrected chi connectivity index (χ2v) is 7.86.